The first kappa shape index (κ1) is 13.3. The van der Waals surface area contributed by atoms with Gasteiger partial charge in [0, 0.05) is 0 Å². The first-order valence-corrected chi connectivity index (χ1v) is 6.29. The third kappa shape index (κ3) is 2.36. The van der Waals surface area contributed by atoms with E-state index in [0.717, 1.165) is 16.3 Å². The molecule has 3 nitrogen and oxygen atoms in total. The van der Waals surface area contributed by atoms with Crippen molar-refractivity contribution in [3.05, 3.63) is 48.0 Å². The Bertz CT molecular complexity index is 613. The lowest BCUT2D eigenvalue weighted by atomic mass is 9.79. The Balaban J connectivity index is 2.51. The van der Waals surface area contributed by atoms with Gasteiger partial charge in [0.25, 0.3) is 0 Å². The molecule has 0 radical (unpaired) electrons. The van der Waals surface area contributed by atoms with Crippen LogP contribution < -0.4 is 0 Å². The van der Waals surface area contributed by atoms with Crippen LogP contribution in [0.25, 0.3) is 10.8 Å². The quantitative estimate of drug-likeness (QED) is 0.660. The normalized spacial score (nSPS) is 13.9. The third-order valence-corrected chi connectivity index (χ3v) is 3.67. The molecular weight excluding hydrogens is 240 g/mol. The van der Waals surface area contributed by atoms with Gasteiger partial charge in [-0.3, -0.25) is 4.79 Å². The maximum atomic E-state index is 11.4. The van der Waals surface area contributed by atoms with Crippen LogP contribution in [0, 0.1) is 5.41 Å². The minimum atomic E-state index is -1.33. The lowest BCUT2D eigenvalue weighted by Crippen LogP contribution is -2.34. The molecule has 3 heteroatoms. The molecule has 1 unspecified atom stereocenters. The first-order valence-electron chi connectivity index (χ1n) is 6.29. The van der Waals surface area contributed by atoms with Gasteiger partial charge in [0.1, 0.15) is 11.7 Å². The molecule has 2 rings (SSSR count). The van der Waals surface area contributed by atoms with E-state index in [2.05, 4.69) is 0 Å². The highest BCUT2D eigenvalue weighted by Crippen LogP contribution is 2.29. The van der Waals surface area contributed by atoms with Crippen LogP contribution in [0.1, 0.15) is 18.9 Å². The second kappa shape index (κ2) is 5.22. The van der Waals surface area contributed by atoms with Gasteiger partial charge in [-0.25, -0.2) is 0 Å². The fourth-order valence-corrected chi connectivity index (χ4v) is 2.31. The summed E-state index contributed by atoms with van der Waals surface area (Å²) in [5, 5.41) is 11.4. The smallest absolute Gasteiger partial charge is 0.317 e. The molecule has 0 aliphatic rings. The number of benzene rings is 2. The second-order valence-corrected chi connectivity index (χ2v) is 4.75. The summed E-state index contributed by atoms with van der Waals surface area (Å²) in [6, 6.07) is 13.6. The van der Waals surface area contributed by atoms with E-state index < -0.39 is 11.4 Å². The third-order valence-electron chi connectivity index (χ3n) is 3.67. The Morgan fingerprint density at radius 1 is 1.21 bits per heavy atom. The first-order chi connectivity index (χ1) is 9.13. The Labute approximate surface area is 111 Å². The zero-order chi connectivity index (χ0) is 13.9. The number of aliphatic carboxylic acids is 1. The number of carbonyl (C=O) groups is 2. The summed E-state index contributed by atoms with van der Waals surface area (Å²) < 4.78 is 0. The summed E-state index contributed by atoms with van der Waals surface area (Å²) in [7, 11) is 0. The van der Waals surface area contributed by atoms with E-state index in [-0.39, 0.29) is 12.8 Å². The van der Waals surface area contributed by atoms with E-state index in [1.807, 2.05) is 42.5 Å². The monoisotopic (exact) mass is 256 g/mol. The molecule has 98 valence electrons. The van der Waals surface area contributed by atoms with E-state index in [1.165, 1.54) is 0 Å². The summed E-state index contributed by atoms with van der Waals surface area (Å²) in [6.45, 7) is 1.73. The van der Waals surface area contributed by atoms with Crippen molar-refractivity contribution in [1.29, 1.82) is 0 Å². The molecule has 1 atom stereocenters. The van der Waals surface area contributed by atoms with E-state index in [9.17, 15) is 14.7 Å². The van der Waals surface area contributed by atoms with Crippen molar-refractivity contribution in [2.45, 2.75) is 19.8 Å². The van der Waals surface area contributed by atoms with Crippen LogP contribution in [0.3, 0.4) is 0 Å². The Morgan fingerprint density at radius 3 is 2.53 bits per heavy atom. The number of hydrogen-bond acceptors (Lipinski definition) is 2. The van der Waals surface area contributed by atoms with Gasteiger partial charge in [-0.1, -0.05) is 49.4 Å². The summed E-state index contributed by atoms with van der Waals surface area (Å²) in [4.78, 5) is 22.7. The van der Waals surface area contributed by atoms with Gasteiger partial charge in [-0.15, -0.1) is 0 Å². The molecule has 2 aromatic rings. The van der Waals surface area contributed by atoms with Crippen molar-refractivity contribution < 1.29 is 14.7 Å². The van der Waals surface area contributed by atoms with Gasteiger partial charge < -0.3 is 9.90 Å². The molecule has 1 N–H and O–H groups in total. The van der Waals surface area contributed by atoms with Crippen LogP contribution in [-0.2, 0) is 16.0 Å². The molecule has 0 fully saturated rings. The Morgan fingerprint density at radius 2 is 1.89 bits per heavy atom. The van der Waals surface area contributed by atoms with Crippen molar-refractivity contribution in [3.8, 4) is 0 Å². The van der Waals surface area contributed by atoms with Gasteiger partial charge >= 0.3 is 5.97 Å². The van der Waals surface area contributed by atoms with Crippen LogP contribution in [0.4, 0.5) is 0 Å². The number of carboxylic acids is 1. The van der Waals surface area contributed by atoms with Crippen LogP contribution >= 0.6 is 0 Å². The Hall–Kier alpha value is -2.16. The van der Waals surface area contributed by atoms with E-state index in [0.29, 0.717) is 6.29 Å². The number of hydrogen-bond donors (Lipinski definition) is 1. The van der Waals surface area contributed by atoms with E-state index in [1.54, 1.807) is 6.92 Å². The molecule has 0 saturated carbocycles. The van der Waals surface area contributed by atoms with Gasteiger partial charge in [-0.05, 0) is 29.2 Å². The average molecular weight is 256 g/mol. The fourth-order valence-electron chi connectivity index (χ4n) is 2.31. The fraction of sp³-hybridized carbons (Fsp3) is 0.250. The number of carboxylic acid groups (broad SMARTS) is 1. The summed E-state index contributed by atoms with van der Waals surface area (Å²) in [6.07, 6.45) is 1.08. The Kier molecular flexibility index (Phi) is 3.65. The molecule has 0 amide bonds. The minimum absolute atomic E-state index is 0.226. The SMILES string of the molecule is CCC(C=O)(Cc1cccc2ccccc12)C(=O)O. The molecular formula is C16H16O3. The van der Waals surface area contributed by atoms with Crippen molar-refractivity contribution in [2.24, 2.45) is 5.41 Å². The molecule has 0 heterocycles. The molecule has 0 bridgehead atoms. The number of aldehydes is 1. The molecule has 2 aromatic carbocycles. The number of fused-ring (bicyclic) bond motifs is 1. The lowest BCUT2D eigenvalue weighted by Gasteiger charge is -2.22. The second-order valence-electron chi connectivity index (χ2n) is 4.75. The van der Waals surface area contributed by atoms with Crippen molar-refractivity contribution >= 4 is 23.0 Å². The topological polar surface area (TPSA) is 54.4 Å². The number of carbonyl (C=O) groups excluding carboxylic acids is 1. The highest BCUT2D eigenvalue weighted by atomic mass is 16.4. The lowest BCUT2D eigenvalue weighted by molar-refractivity contribution is -0.151. The zero-order valence-corrected chi connectivity index (χ0v) is 10.8. The predicted octanol–water partition coefficient (Wildman–Crippen LogP) is 3.06. The molecule has 0 saturated heterocycles. The largest absolute Gasteiger partial charge is 0.480 e. The standard InChI is InChI=1S/C16H16O3/c1-2-16(11-17,15(18)19)10-13-8-5-7-12-6-3-4-9-14(12)13/h3-9,11H,2,10H2,1H3,(H,18,19). The van der Waals surface area contributed by atoms with Crippen molar-refractivity contribution in [2.75, 3.05) is 0 Å². The van der Waals surface area contributed by atoms with Crippen molar-refractivity contribution in [1.82, 2.24) is 0 Å². The van der Waals surface area contributed by atoms with Gasteiger partial charge in [0.05, 0.1) is 0 Å². The highest BCUT2D eigenvalue weighted by molar-refractivity contribution is 5.94. The minimum Gasteiger partial charge on any atom is -0.480 e. The van der Waals surface area contributed by atoms with Crippen LogP contribution in [0.2, 0.25) is 0 Å². The summed E-state index contributed by atoms with van der Waals surface area (Å²) >= 11 is 0. The van der Waals surface area contributed by atoms with Gasteiger partial charge in [-0.2, -0.15) is 0 Å². The molecule has 19 heavy (non-hydrogen) atoms. The average Bonchev–Trinajstić information content (AvgIpc) is 2.44. The highest BCUT2D eigenvalue weighted by Gasteiger charge is 2.37. The van der Waals surface area contributed by atoms with Gasteiger partial charge in [0.15, 0.2) is 0 Å². The van der Waals surface area contributed by atoms with Crippen LogP contribution in [0.15, 0.2) is 42.5 Å². The maximum Gasteiger partial charge on any atom is 0.317 e. The van der Waals surface area contributed by atoms with Crippen LogP contribution in [0.5, 0.6) is 0 Å². The van der Waals surface area contributed by atoms with Crippen molar-refractivity contribution in [3.63, 3.8) is 0 Å². The van der Waals surface area contributed by atoms with E-state index >= 15 is 0 Å². The molecule has 0 aliphatic heterocycles. The molecule has 0 aliphatic carbocycles. The predicted molar refractivity (Wildman–Crippen MR) is 74.1 cm³/mol. The molecule has 0 aromatic heterocycles. The van der Waals surface area contributed by atoms with Crippen LogP contribution in [-0.4, -0.2) is 17.4 Å². The summed E-state index contributed by atoms with van der Waals surface area (Å²) in [5.41, 5.74) is -0.432. The zero-order valence-electron chi connectivity index (χ0n) is 10.8. The molecule has 0 spiro atoms. The van der Waals surface area contributed by atoms with Gasteiger partial charge in [0.2, 0.25) is 0 Å². The maximum absolute atomic E-state index is 11.4. The number of rotatable bonds is 5. The summed E-state index contributed by atoms with van der Waals surface area (Å²) in [5.74, 6) is -1.06. The van der Waals surface area contributed by atoms with E-state index in [4.69, 9.17) is 0 Å².